The maximum Gasteiger partial charge on any atom is 0.225 e. The molecule has 1 saturated carbocycles. The Bertz CT molecular complexity index is 401. The number of nitrogens with zero attached hydrogens (tertiary/aromatic N) is 3. The molecule has 4 nitrogen and oxygen atoms in total. The monoisotopic (exact) mass is 335 g/mol. The number of piperazine rings is 1. The summed E-state index contributed by atoms with van der Waals surface area (Å²) in [5, 5.41) is 0. The van der Waals surface area contributed by atoms with Gasteiger partial charge in [0, 0.05) is 44.2 Å². The van der Waals surface area contributed by atoms with E-state index < -0.39 is 0 Å². The van der Waals surface area contributed by atoms with Gasteiger partial charge < -0.3 is 9.80 Å². The highest BCUT2D eigenvalue weighted by Gasteiger charge is 2.32. The van der Waals surface area contributed by atoms with Crippen molar-refractivity contribution in [1.82, 2.24) is 14.7 Å². The van der Waals surface area contributed by atoms with Crippen molar-refractivity contribution in [3.8, 4) is 0 Å². The number of piperidine rings is 1. The first-order valence-electron chi connectivity index (χ1n) is 10.3. The number of likely N-dealkylation sites (tertiary alicyclic amines) is 1. The SMILES string of the molecule is CC1CCC(N2CCN(C(=O)C3CCN(C(C)C)CC3)CC2)CC1. The Kier molecular flexibility index (Phi) is 6.20. The van der Waals surface area contributed by atoms with Gasteiger partial charge in [0.15, 0.2) is 0 Å². The van der Waals surface area contributed by atoms with E-state index in [-0.39, 0.29) is 5.92 Å². The van der Waals surface area contributed by atoms with Gasteiger partial charge in [-0.25, -0.2) is 0 Å². The summed E-state index contributed by atoms with van der Waals surface area (Å²) < 4.78 is 0. The third-order valence-electron chi connectivity index (χ3n) is 6.74. The molecule has 0 aromatic rings. The van der Waals surface area contributed by atoms with Crippen molar-refractivity contribution in [3.63, 3.8) is 0 Å². The number of rotatable bonds is 3. The van der Waals surface area contributed by atoms with Gasteiger partial charge in [-0.15, -0.1) is 0 Å². The van der Waals surface area contributed by atoms with Crippen LogP contribution >= 0.6 is 0 Å². The van der Waals surface area contributed by atoms with Crippen LogP contribution < -0.4 is 0 Å². The molecule has 24 heavy (non-hydrogen) atoms. The molecule has 3 rings (SSSR count). The van der Waals surface area contributed by atoms with Gasteiger partial charge in [-0.1, -0.05) is 6.92 Å². The lowest BCUT2D eigenvalue weighted by Gasteiger charge is -2.43. The lowest BCUT2D eigenvalue weighted by Crippen LogP contribution is -2.54. The van der Waals surface area contributed by atoms with Crippen LogP contribution in [-0.4, -0.2) is 72.0 Å². The maximum absolute atomic E-state index is 12.8. The van der Waals surface area contributed by atoms with Crippen LogP contribution in [0, 0.1) is 11.8 Å². The molecule has 1 aliphatic carbocycles. The van der Waals surface area contributed by atoms with Crippen molar-refractivity contribution in [2.75, 3.05) is 39.3 Å². The smallest absolute Gasteiger partial charge is 0.225 e. The molecular formula is C20H37N3O. The molecule has 0 aromatic carbocycles. The Labute approximate surface area is 148 Å². The molecule has 4 heteroatoms. The standard InChI is InChI=1S/C20H37N3O/c1-16(2)21-10-8-18(9-11-21)20(24)23-14-12-22(13-15-23)19-6-4-17(3)5-7-19/h16-19H,4-15H2,1-3H3. The number of carbonyl (C=O) groups is 1. The number of hydrogen-bond donors (Lipinski definition) is 0. The van der Waals surface area contributed by atoms with Gasteiger partial charge in [0.1, 0.15) is 0 Å². The summed E-state index contributed by atoms with van der Waals surface area (Å²) >= 11 is 0. The van der Waals surface area contributed by atoms with E-state index in [2.05, 4.69) is 35.5 Å². The number of hydrogen-bond acceptors (Lipinski definition) is 3. The zero-order valence-electron chi connectivity index (χ0n) is 16.0. The summed E-state index contributed by atoms with van der Waals surface area (Å²) in [4.78, 5) is 20.2. The normalized spacial score (nSPS) is 31.6. The quantitative estimate of drug-likeness (QED) is 0.793. The summed E-state index contributed by atoms with van der Waals surface area (Å²) in [7, 11) is 0. The van der Waals surface area contributed by atoms with Crippen LogP contribution in [0.3, 0.4) is 0 Å². The summed E-state index contributed by atoms with van der Waals surface area (Å²) in [5.41, 5.74) is 0. The fourth-order valence-electron chi connectivity index (χ4n) is 4.84. The second-order valence-corrected chi connectivity index (χ2v) is 8.68. The van der Waals surface area contributed by atoms with E-state index in [1.165, 1.54) is 25.7 Å². The van der Waals surface area contributed by atoms with Crippen molar-refractivity contribution < 1.29 is 4.79 Å². The van der Waals surface area contributed by atoms with Gasteiger partial charge in [-0.05, 0) is 71.4 Å². The molecule has 2 heterocycles. The predicted molar refractivity (Wildman–Crippen MR) is 99.0 cm³/mol. The van der Waals surface area contributed by atoms with Crippen LogP contribution in [0.2, 0.25) is 0 Å². The largest absolute Gasteiger partial charge is 0.340 e. The van der Waals surface area contributed by atoms with E-state index in [9.17, 15) is 4.79 Å². The second kappa shape index (κ2) is 8.18. The first kappa shape index (κ1) is 18.2. The van der Waals surface area contributed by atoms with Gasteiger partial charge in [-0.3, -0.25) is 9.69 Å². The predicted octanol–water partition coefficient (Wildman–Crippen LogP) is 2.83. The van der Waals surface area contributed by atoms with E-state index in [1.807, 2.05) is 0 Å². The van der Waals surface area contributed by atoms with E-state index in [0.717, 1.165) is 64.1 Å². The van der Waals surface area contributed by atoms with Gasteiger partial charge in [-0.2, -0.15) is 0 Å². The van der Waals surface area contributed by atoms with Gasteiger partial charge in [0.2, 0.25) is 5.91 Å². The third kappa shape index (κ3) is 4.32. The Morgan fingerprint density at radius 1 is 0.833 bits per heavy atom. The van der Waals surface area contributed by atoms with Crippen molar-refractivity contribution in [2.45, 2.75) is 71.4 Å². The average molecular weight is 336 g/mol. The molecular weight excluding hydrogens is 298 g/mol. The Morgan fingerprint density at radius 2 is 1.42 bits per heavy atom. The van der Waals surface area contributed by atoms with Gasteiger partial charge in [0.05, 0.1) is 0 Å². The van der Waals surface area contributed by atoms with Crippen LogP contribution in [0.5, 0.6) is 0 Å². The lowest BCUT2D eigenvalue weighted by atomic mass is 9.86. The molecule has 0 radical (unpaired) electrons. The van der Waals surface area contributed by atoms with E-state index in [1.54, 1.807) is 0 Å². The molecule has 0 atom stereocenters. The van der Waals surface area contributed by atoms with E-state index >= 15 is 0 Å². The zero-order chi connectivity index (χ0) is 17.1. The van der Waals surface area contributed by atoms with Gasteiger partial charge >= 0.3 is 0 Å². The van der Waals surface area contributed by atoms with E-state index in [0.29, 0.717) is 11.9 Å². The molecule has 3 aliphatic rings. The molecule has 138 valence electrons. The van der Waals surface area contributed by atoms with Crippen LogP contribution in [0.25, 0.3) is 0 Å². The van der Waals surface area contributed by atoms with Crippen molar-refractivity contribution in [1.29, 1.82) is 0 Å². The highest BCUT2D eigenvalue weighted by molar-refractivity contribution is 5.79. The minimum absolute atomic E-state index is 0.280. The number of carbonyl (C=O) groups excluding carboxylic acids is 1. The molecule has 0 bridgehead atoms. The van der Waals surface area contributed by atoms with Crippen molar-refractivity contribution in [2.24, 2.45) is 11.8 Å². The Morgan fingerprint density at radius 3 is 1.96 bits per heavy atom. The summed E-state index contributed by atoms with van der Waals surface area (Å²) in [6, 6.07) is 1.40. The van der Waals surface area contributed by atoms with Crippen molar-refractivity contribution in [3.05, 3.63) is 0 Å². The molecule has 3 fully saturated rings. The van der Waals surface area contributed by atoms with Crippen LogP contribution in [0.4, 0.5) is 0 Å². The molecule has 2 saturated heterocycles. The molecule has 0 N–H and O–H groups in total. The number of amides is 1. The summed E-state index contributed by atoms with van der Waals surface area (Å²) in [5.74, 6) is 1.64. The zero-order valence-corrected chi connectivity index (χ0v) is 16.0. The third-order valence-corrected chi connectivity index (χ3v) is 6.74. The first-order chi connectivity index (χ1) is 11.5. The first-order valence-corrected chi connectivity index (χ1v) is 10.3. The Hall–Kier alpha value is -0.610. The average Bonchev–Trinajstić information content (AvgIpc) is 2.62. The van der Waals surface area contributed by atoms with Crippen LogP contribution in [0.15, 0.2) is 0 Å². The lowest BCUT2D eigenvalue weighted by molar-refractivity contribution is -0.139. The molecule has 0 spiro atoms. The molecule has 1 amide bonds. The minimum atomic E-state index is 0.280. The van der Waals surface area contributed by atoms with Crippen LogP contribution in [-0.2, 0) is 4.79 Å². The molecule has 0 aromatic heterocycles. The highest BCUT2D eigenvalue weighted by Crippen LogP contribution is 2.28. The van der Waals surface area contributed by atoms with E-state index in [4.69, 9.17) is 0 Å². The molecule has 2 aliphatic heterocycles. The topological polar surface area (TPSA) is 26.8 Å². The Balaban J connectivity index is 1.42. The van der Waals surface area contributed by atoms with Gasteiger partial charge in [0.25, 0.3) is 0 Å². The van der Waals surface area contributed by atoms with Crippen molar-refractivity contribution >= 4 is 5.91 Å². The second-order valence-electron chi connectivity index (χ2n) is 8.68. The summed E-state index contributed by atoms with van der Waals surface area (Å²) in [6.45, 7) is 13.2. The fourth-order valence-corrected chi connectivity index (χ4v) is 4.84. The summed E-state index contributed by atoms with van der Waals surface area (Å²) in [6.07, 6.45) is 7.61. The molecule has 0 unspecified atom stereocenters. The van der Waals surface area contributed by atoms with Crippen LogP contribution in [0.1, 0.15) is 59.3 Å². The fraction of sp³-hybridized carbons (Fsp3) is 0.950. The highest BCUT2D eigenvalue weighted by atomic mass is 16.2. The maximum atomic E-state index is 12.8. The minimum Gasteiger partial charge on any atom is -0.340 e.